The molecule has 1 atom stereocenters. The van der Waals surface area contributed by atoms with E-state index in [-0.39, 0.29) is 11.9 Å². The molecule has 1 aliphatic heterocycles. The Balaban J connectivity index is 1.43. The van der Waals surface area contributed by atoms with Gasteiger partial charge in [-0.15, -0.1) is 0 Å². The standard InChI is InChI=1S/C25H23N3O2/c29-25(23-21-11-5-4-10-19(21)13-14-26-23)28-15-7-6-12-22(28)24-27-17-20(30-24)16-18-8-2-1-3-9-18/h1-5,8-11,13-14,17,22H,6-7,12,15-16H2/t22-/m0/s1. The first kappa shape index (κ1) is 18.6. The Morgan fingerprint density at radius 1 is 1.00 bits per heavy atom. The Kier molecular flexibility index (Phi) is 5.01. The maximum absolute atomic E-state index is 13.5. The van der Waals surface area contributed by atoms with Crippen LogP contribution in [-0.4, -0.2) is 27.3 Å². The zero-order valence-electron chi connectivity index (χ0n) is 16.7. The van der Waals surface area contributed by atoms with Gasteiger partial charge in [0.25, 0.3) is 5.91 Å². The second-order valence-corrected chi connectivity index (χ2v) is 7.72. The highest BCUT2D eigenvalue weighted by Gasteiger charge is 2.33. The molecule has 1 fully saturated rings. The average Bonchev–Trinajstić information content (AvgIpc) is 3.27. The molecule has 2 aromatic heterocycles. The average molecular weight is 397 g/mol. The number of hydrogen-bond donors (Lipinski definition) is 0. The first-order chi connectivity index (χ1) is 14.8. The van der Waals surface area contributed by atoms with Crippen LogP contribution in [0.2, 0.25) is 0 Å². The lowest BCUT2D eigenvalue weighted by atomic mass is 10.0. The van der Waals surface area contributed by atoms with Gasteiger partial charge in [-0.05, 0) is 36.3 Å². The summed E-state index contributed by atoms with van der Waals surface area (Å²) in [5, 5.41) is 1.90. The van der Waals surface area contributed by atoms with Gasteiger partial charge in [-0.2, -0.15) is 0 Å². The number of carbonyl (C=O) groups is 1. The van der Waals surface area contributed by atoms with Gasteiger partial charge in [0, 0.05) is 24.5 Å². The van der Waals surface area contributed by atoms with Crippen LogP contribution in [0.15, 0.2) is 77.5 Å². The highest BCUT2D eigenvalue weighted by molar-refractivity contribution is 6.05. The van der Waals surface area contributed by atoms with Crippen molar-refractivity contribution in [3.05, 3.63) is 96.0 Å². The van der Waals surface area contributed by atoms with Crippen LogP contribution in [0.4, 0.5) is 0 Å². The van der Waals surface area contributed by atoms with Crippen LogP contribution in [0.1, 0.15) is 53.0 Å². The maximum atomic E-state index is 13.5. The molecule has 1 aliphatic rings. The summed E-state index contributed by atoms with van der Waals surface area (Å²) in [6.07, 6.45) is 7.06. The molecule has 0 bridgehead atoms. The third-order valence-electron chi connectivity index (χ3n) is 5.72. The molecule has 150 valence electrons. The van der Waals surface area contributed by atoms with Crippen molar-refractivity contribution in [2.24, 2.45) is 0 Å². The Bertz CT molecular complexity index is 1160. The number of nitrogens with zero attached hydrogens (tertiary/aromatic N) is 3. The fraction of sp³-hybridized carbons (Fsp3) is 0.240. The van der Waals surface area contributed by atoms with Gasteiger partial charge in [0.15, 0.2) is 0 Å². The van der Waals surface area contributed by atoms with Crippen LogP contribution >= 0.6 is 0 Å². The van der Waals surface area contributed by atoms with Gasteiger partial charge >= 0.3 is 0 Å². The number of carbonyl (C=O) groups excluding carboxylic acids is 1. The molecule has 3 heterocycles. The van der Waals surface area contributed by atoms with E-state index in [0.717, 1.165) is 35.8 Å². The summed E-state index contributed by atoms with van der Waals surface area (Å²) >= 11 is 0. The van der Waals surface area contributed by atoms with E-state index in [1.165, 1.54) is 5.56 Å². The number of fused-ring (bicyclic) bond motifs is 1. The van der Waals surface area contributed by atoms with Crippen molar-refractivity contribution in [1.82, 2.24) is 14.9 Å². The minimum atomic E-state index is -0.156. The zero-order chi connectivity index (χ0) is 20.3. The van der Waals surface area contributed by atoms with Gasteiger partial charge in [0.2, 0.25) is 5.89 Å². The van der Waals surface area contributed by atoms with E-state index in [4.69, 9.17) is 4.42 Å². The van der Waals surface area contributed by atoms with E-state index in [1.54, 1.807) is 12.4 Å². The van der Waals surface area contributed by atoms with Gasteiger partial charge in [-0.25, -0.2) is 4.98 Å². The lowest BCUT2D eigenvalue weighted by Gasteiger charge is -2.33. The number of likely N-dealkylation sites (tertiary alicyclic amines) is 1. The number of pyridine rings is 1. The first-order valence-electron chi connectivity index (χ1n) is 10.4. The summed E-state index contributed by atoms with van der Waals surface area (Å²) in [4.78, 5) is 24.3. The molecular weight excluding hydrogens is 374 g/mol. The minimum absolute atomic E-state index is 0.0562. The molecule has 1 amide bonds. The smallest absolute Gasteiger partial charge is 0.273 e. The molecule has 0 unspecified atom stereocenters. The van der Waals surface area contributed by atoms with Crippen LogP contribution in [0.25, 0.3) is 10.8 Å². The number of benzene rings is 2. The lowest BCUT2D eigenvalue weighted by molar-refractivity contribution is 0.0566. The van der Waals surface area contributed by atoms with Gasteiger partial charge in [-0.3, -0.25) is 9.78 Å². The van der Waals surface area contributed by atoms with E-state index in [2.05, 4.69) is 22.1 Å². The summed E-state index contributed by atoms with van der Waals surface area (Å²) in [5.74, 6) is 1.38. The van der Waals surface area contributed by atoms with Crippen molar-refractivity contribution in [3.8, 4) is 0 Å². The maximum Gasteiger partial charge on any atom is 0.273 e. The number of oxazole rings is 1. The van der Waals surface area contributed by atoms with E-state index in [9.17, 15) is 4.79 Å². The van der Waals surface area contributed by atoms with Crippen molar-refractivity contribution in [3.63, 3.8) is 0 Å². The predicted molar refractivity (Wildman–Crippen MR) is 115 cm³/mol. The van der Waals surface area contributed by atoms with E-state index >= 15 is 0 Å². The van der Waals surface area contributed by atoms with E-state index in [1.807, 2.05) is 53.4 Å². The van der Waals surface area contributed by atoms with Crippen LogP contribution in [0.3, 0.4) is 0 Å². The highest BCUT2D eigenvalue weighted by atomic mass is 16.4. The minimum Gasteiger partial charge on any atom is -0.443 e. The molecule has 0 spiro atoms. The van der Waals surface area contributed by atoms with Crippen LogP contribution in [0.5, 0.6) is 0 Å². The van der Waals surface area contributed by atoms with Crippen LogP contribution in [-0.2, 0) is 6.42 Å². The number of rotatable bonds is 4. The summed E-state index contributed by atoms with van der Waals surface area (Å²) in [5.41, 5.74) is 1.67. The quantitative estimate of drug-likeness (QED) is 0.476. The number of piperidine rings is 1. The summed E-state index contributed by atoms with van der Waals surface area (Å²) in [6, 6.07) is 19.8. The normalized spacial score (nSPS) is 16.7. The summed E-state index contributed by atoms with van der Waals surface area (Å²) < 4.78 is 6.11. The SMILES string of the molecule is O=C(c1nccc2ccccc12)N1CCCC[C@H]1c1ncc(Cc2ccccc2)o1. The fourth-order valence-corrected chi connectivity index (χ4v) is 4.21. The Hall–Kier alpha value is -3.47. The number of aromatic nitrogens is 2. The zero-order valence-corrected chi connectivity index (χ0v) is 16.7. The molecule has 30 heavy (non-hydrogen) atoms. The van der Waals surface area contributed by atoms with Gasteiger partial charge in [0.1, 0.15) is 17.5 Å². The molecule has 5 rings (SSSR count). The van der Waals surface area contributed by atoms with Crippen molar-refractivity contribution < 1.29 is 9.21 Å². The van der Waals surface area contributed by atoms with Gasteiger partial charge in [0.05, 0.1) is 6.20 Å². The Morgan fingerprint density at radius 2 is 1.83 bits per heavy atom. The van der Waals surface area contributed by atoms with Gasteiger partial charge < -0.3 is 9.32 Å². The molecule has 4 aromatic rings. The Labute approximate surface area is 175 Å². The molecule has 0 saturated carbocycles. The molecule has 1 saturated heterocycles. The summed E-state index contributed by atoms with van der Waals surface area (Å²) in [6.45, 7) is 0.685. The lowest BCUT2D eigenvalue weighted by Crippen LogP contribution is -2.39. The van der Waals surface area contributed by atoms with Crippen LogP contribution < -0.4 is 0 Å². The van der Waals surface area contributed by atoms with Crippen LogP contribution in [0, 0.1) is 0 Å². The van der Waals surface area contributed by atoms with E-state index < -0.39 is 0 Å². The second-order valence-electron chi connectivity index (χ2n) is 7.72. The number of amides is 1. The predicted octanol–water partition coefficient (Wildman–Crippen LogP) is 5.18. The number of hydrogen-bond acceptors (Lipinski definition) is 4. The van der Waals surface area contributed by atoms with Crippen molar-refractivity contribution in [2.75, 3.05) is 6.54 Å². The molecule has 5 heteroatoms. The third kappa shape index (κ3) is 3.59. The van der Waals surface area contributed by atoms with Crippen molar-refractivity contribution in [2.45, 2.75) is 31.7 Å². The monoisotopic (exact) mass is 397 g/mol. The molecule has 2 aromatic carbocycles. The first-order valence-corrected chi connectivity index (χ1v) is 10.4. The highest BCUT2D eigenvalue weighted by Crippen LogP contribution is 2.33. The molecule has 0 N–H and O–H groups in total. The second kappa shape index (κ2) is 8.11. The molecular formula is C25H23N3O2. The fourth-order valence-electron chi connectivity index (χ4n) is 4.21. The van der Waals surface area contributed by atoms with Gasteiger partial charge in [-0.1, -0.05) is 54.6 Å². The topological polar surface area (TPSA) is 59.2 Å². The largest absolute Gasteiger partial charge is 0.443 e. The van der Waals surface area contributed by atoms with Crippen molar-refractivity contribution in [1.29, 1.82) is 0 Å². The third-order valence-corrected chi connectivity index (χ3v) is 5.72. The molecule has 5 nitrogen and oxygen atoms in total. The molecule has 0 radical (unpaired) electrons. The summed E-state index contributed by atoms with van der Waals surface area (Å²) in [7, 11) is 0. The molecule has 0 aliphatic carbocycles. The van der Waals surface area contributed by atoms with E-state index in [0.29, 0.717) is 24.6 Å². The van der Waals surface area contributed by atoms with Crippen molar-refractivity contribution >= 4 is 16.7 Å². The Morgan fingerprint density at radius 3 is 2.73 bits per heavy atom.